The zero-order valence-corrected chi connectivity index (χ0v) is 11.1. The summed E-state index contributed by atoms with van der Waals surface area (Å²) in [6.45, 7) is 4.35. The summed E-state index contributed by atoms with van der Waals surface area (Å²) in [5.74, 6) is -0.0895. The molecule has 6 heteroatoms. The number of rotatable bonds is 8. The summed E-state index contributed by atoms with van der Waals surface area (Å²) >= 11 is 0. The van der Waals surface area contributed by atoms with E-state index in [1.54, 1.807) is 18.9 Å². The van der Waals surface area contributed by atoms with Crippen LogP contribution in [0.5, 0.6) is 0 Å². The van der Waals surface area contributed by atoms with Crippen LogP contribution in [-0.4, -0.2) is 62.8 Å². The molecule has 1 N–H and O–H groups in total. The molecule has 1 fully saturated rings. The molecule has 1 saturated heterocycles. The van der Waals surface area contributed by atoms with E-state index in [2.05, 4.69) is 5.32 Å². The first-order valence-corrected chi connectivity index (χ1v) is 6.30. The predicted octanol–water partition coefficient (Wildman–Crippen LogP) is -0.223. The lowest BCUT2D eigenvalue weighted by Crippen LogP contribution is -2.56. The third kappa shape index (κ3) is 5.01. The van der Waals surface area contributed by atoms with Crippen molar-refractivity contribution in [1.82, 2.24) is 10.2 Å². The SMILES string of the molecule is COCCOCCCCN1CC(=O)NC(C)C1=O. The van der Waals surface area contributed by atoms with Crippen LogP contribution in [0.2, 0.25) is 0 Å². The number of piperazine rings is 1. The number of unbranched alkanes of at least 4 members (excludes halogenated alkanes) is 1. The average Bonchev–Trinajstić information content (AvgIpc) is 2.33. The third-order valence-corrected chi connectivity index (χ3v) is 2.79. The van der Waals surface area contributed by atoms with E-state index in [0.717, 1.165) is 12.8 Å². The van der Waals surface area contributed by atoms with Crippen molar-refractivity contribution in [2.75, 3.05) is 40.0 Å². The molecule has 1 atom stereocenters. The van der Waals surface area contributed by atoms with Crippen molar-refractivity contribution in [3.63, 3.8) is 0 Å². The van der Waals surface area contributed by atoms with Gasteiger partial charge in [0, 0.05) is 20.3 Å². The Bertz CT molecular complexity index is 283. The van der Waals surface area contributed by atoms with Crippen LogP contribution >= 0.6 is 0 Å². The molecule has 6 nitrogen and oxygen atoms in total. The third-order valence-electron chi connectivity index (χ3n) is 2.79. The van der Waals surface area contributed by atoms with Crippen LogP contribution in [0.1, 0.15) is 19.8 Å². The van der Waals surface area contributed by atoms with Gasteiger partial charge in [-0.15, -0.1) is 0 Å². The maximum Gasteiger partial charge on any atom is 0.245 e. The number of nitrogens with one attached hydrogen (secondary N) is 1. The van der Waals surface area contributed by atoms with Gasteiger partial charge in [0.2, 0.25) is 11.8 Å². The molecule has 1 rings (SSSR count). The highest BCUT2D eigenvalue weighted by molar-refractivity contribution is 5.94. The second kappa shape index (κ2) is 8.05. The van der Waals surface area contributed by atoms with E-state index in [-0.39, 0.29) is 18.4 Å². The average molecular weight is 258 g/mol. The lowest BCUT2D eigenvalue weighted by atomic mass is 10.2. The van der Waals surface area contributed by atoms with E-state index in [4.69, 9.17) is 9.47 Å². The second-order valence-corrected chi connectivity index (χ2v) is 4.36. The van der Waals surface area contributed by atoms with Crippen molar-refractivity contribution >= 4 is 11.8 Å². The number of carbonyl (C=O) groups is 2. The highest BCUT2D eigenvalue weighted by Crippen LogP contribution is 2.04. The molecule has 1 unspecified atom stereocenters. The van der Waals surface area contributed by atoms with E-state index in [9.17, 15) is 9.59 Å². The molecule has 1 heterocycles. The van der Waals surface area contributed by atoms with Crippen molar-refractivity contribution in [3.05, 3.63) is 0 Å². The van der Waals surface area contributed by atoms with Gasteiger partial charge < -0.3 is 19.7 Å². The fourth-order valence-electron chi connectivity index (χ4n) is 1.81. The molecule has 0 spiro atoms. The molecule has 1 aliphatic rings. The standard InChI is InChI=1S/C12H22N2O4/c1-10-12(16)14(9-11(15)13-10)5-3-4-6-18-8-7-17-2/h10H,3-9H2,1-2H3,(H,13,15). The molecular formula is C12H22N2O4. The largest absolute Gasteiger partial charge is 0.382 e. The van der Waals surface area contributed by atoms with Crippen LogP contribution in [0.3, 0.4) is 0 Å². The fourth-order valence-corrected chi connectivity index (χ4v) is 1.81. The number of hydrogen-bond donors (Lipinski definition) is 1. The first-order valence-electron chi connectivity index (χ1n) is 6.30. The molecule has 18 heavy (non-hydrogen) atoms. The first kappa shape index (κ1) is 14.9. The van der Waals surface area contributed by atoms with Crippen molar-refractivity contribution in [3.8, 4) is 0 Å². The normalized spacial score (nSPS) is 20.1. The molecule has 0 bridgehead atoms. The smallest absolute Gasteiger partial charge is 0.245 e. The van der Waals surface area contributed by atoms with Crippen LogP contribution in [0.15, 0.2) is 0 Å². The number of ether oxygens (including phenoxy) is 2. The maximum absolute atomic E-state index is 11.7. The van der Waals surface area contributed by atoms with Crippen LogP contribution in [0.4, 0.5) is 0 Å². The lowest BCUT2D eigenvalue weighted by Gasteiger charge is -2.30. The first-order chi connectivity index (χ1) is 8.65. The van der Waals surface area contributed by atoms with Gasteiger partial charge in [0.15, 0.2) is 0 Å². The Morgan fingerprint density at radius 1 is 1.28 bits per heavy atom. The van der Waals surface area contributed by atoms with Gasteiger partial charge in [0.25, 0.3) is 0 Å². The molecule has 2 amide bonds. The Hall–Kier alpha value is -1.14. The van der Waals surface area contributed by atoms with Gasteiger partial charge in [0.05, 0.1) is 19.8 Å². The minimum Gasteiger partial charge on any atom is -0.382 e. The van der Waals surface area contributed by atoms with Crippen molar-refractivity contribution in [2.45, 2.75) is 25.8 Å². The summed E-state index contributed by atoms with van der Waals surface area (Å²) in [4.78, 5) is 24.6. The van der Waals surface area contributed by atoms with Gasteiger partial charge in [-0.2, -0.15) is 0 Å². The van der Waals surface area contributed by atoms with Gasteiger partial charge in [-0.05, 0) is 19.8 Å². The van der Waals surface area contributed by atoms with Crippen molar-refractivity contribution < 1.29 is 19.1 Å². The van der Waals surface area contributed by atoms with Crippen LogP contribution in [0.25, 0.3) is 0 Å². The van der Waals surface area contributed by atoms with Gasteiger partial charge in [-0.3, -0.25) is 9.59 Å². The van der Waals surface area contributed by atoms with Gasteiger partial charge in [0.1, 0.15) is 6.04 Å². The number of hydrogen-bond acceptors (Lipinski definition) is 4. The zero-order chi connectivity index (χ0) is 13.4. The van der Waals surface area contributed by atoms with Crippen molar-refractivity contribution in [2.24, 2.45) is 0 Å². The Balaban J connectivity index is 2.10. The monoisotopic (exact) mass is 258 g/mol. The van der Waals surface area contributed by atoms with Crippen LogP contribution in [0, 0.1) is 0 Å². The number of amides is 2. The number of nitrogens with zero attached hydrogens (tertiary/aromatic N) is 1. The zero-order valence-electron chi connectivity index (χ0n) is 11.1. The summed E-state index contributed by atoms with van der Waals surface area (Å²) in [5, 5.41) is 2.62. The molecule has 104 valence electrons. The number of methoxy groups -OCH3 is 1. The van der Waals surface area contributed by atoms with E-state index in [0.29, 0.717) is 26.4 Å². The predicted molar refractivity (Wildman–Crippen MR) is 66.1 cm³/mol. The van der Waals surface area contributed by atoms with Gasteiger partial charge >= 0.3 is 0 Å². The summed E-state index contributed by atoms with van der Waals surface area (Å²) < 4.78 is 10.2. The summed E-state index contributed by atoms with van der Waals surface area (Å²) in [5.41, 5.74) is 0. The van der Waals surface area contributed by atoms with Gasteiger partial charge in [-0.25, -0.2) is 0 Å². The molecule has 0 radical (unpaired) electrons. The minimum absolute atomic E-state index is 0.00472. The van der Waals surface area contributed by atoms with Crippen molar-refractivity contribution in [1.29, 1.82) is 0 Å². The molecule has 0 aromatic heterocycles. The van der Waals surface area contributed by atoms with Crippen LogP contribution in [-0.2, 0) is 19.1 Å². The molecule has 0 saturated carbocycles. The highest BCUT2D eigenvalue weighted by Gasteiger charge is 2.28. The molecule has 0 aromatic carbocycles. The fraction of sp³-hybridized carbons (Fsp3) is 0.833. The highest BCUT2D eigenvalue weighted by atomic mass is 16.5. The molecule has 1 aliphatic heterocycles. The van der Waals surface area contributed by atoms with E-state index in [1.807, 2.05) is 0 Å². The summed E-state index contributed by atoms with van der Waals surface area (Å²) in [7, 11) is 1.64. The minimum atomic E-state index is -0.399. The Kier molecular flexibility index (Phi) is 6.67. The van der Waals surface area contributed by atoms with E-state index >= 15 is 0 Å². The quantitative estimate of drug-likeness (QED) is 0.611. The number of carbonyl (C=O) groups excluding carboxylic acids is 2. The second-order valence-electron chi connectivity index (χ2n) is 4.36. The summed E-state index contributed by atoms with van der Waals surface area (Å²) in [6.07, 6.45) is 1.72. The Morgan fingerprint density at radius 2 is 2.06 bits per heavy atom. The molecule has 0 aromatic rings. The van der Waals surface area contributed by atoms with E-state index < -0.39 is 6.04 Å². The Morgan fingerprint density at radius 3 is 2.78 bits per heavy atom. The summed E-state index contributed by atoms with van der Waals surface area (Å²) in [6, 6.07) is -0.399. The maximum atomic E-state index is 11.7. The van der Waals surface area contributed by atoms with E-state index in [1.165, 1.54) is 0 Å². The molecular weight excluding hydrogens is 236 g/mol. The topological polar surface area (TPSA) is 67.9 Å². The molecule has 0 aliphatic carbocycles. The van der Waals surface area contributed by atoms with Gasteiger partial charge in [-0.1, -0.05) is 0 Å². The van der Waals surface area contributed by atoms with Crippen LogP contribution < -0.4 is 5.32 Å². The lowest BCUT2D eigenvalue weighted by molar-refractivity contribution is -0.143. The Labute approximate surface area is 108 Å².